The Morgan fingerprint density at radius 3 is 2.33 bits per heavy atom. The van der Waals surface area contributed by atoms with Crippen LogP contribution in [0.15, 0.2) is 0 Å². The second-order valence-electron chi connectivity index (χ2n) is 2.20. The average molecular weight is 153 g/mol. The molecule has 0 aliphatic heterocycles. The summed E-state index contributed by atoms with van der Waals surface area (Å²) < 4.78 is 0. The van der Waals surface area contributed by atoms with Gasteiger partial charge in [-0.2, -0.15) is 0 Å². The van der Waals surface area contributed by atoms with E-state index >= 15 is 0 Å². The van der Waals surface area contributed by atoms with E-state index in [1.807, 2.05) is 0 Å². The maximum absolute atomic E-state index is 9.96. The molecule has 0 amide bonds. The summed E-state index contributed by atoms with van der Waals surface area (Å²) in [7, 11) is 0. The van der Waals surface area contributed by atoms with Crippen molar-refractivity contribution in [1.82, 2.24) is 0 Å². The van der Waals surface area contributed by atoms with Gasteiger partial charge in [0.15, 0.2) is 0 Å². The highest BCUT2D eigenvalue weighted by Gasteiger charge is 2.22. The maximum Gasteiger partial charge on any atom is 0.306 e. The van der Waals surface area contributed by atoms with Crippen LogP contribution in [0.5, 0.6) is 0 Å². The van der Waals surface area contributed by atoms with E-state index in [-0.39, 0.29) is 12.3 Å². The number of hydrogen-bond donors (Lipinski definition) is 2. The van der Waals surface area contributed by atoms with E-state index in [9.17, 15) is 4.79 Å². The van der Waals surface area contributed by atoms with Crippen molar-refractivity contribution < 1.29 is 15.0 Å². The Kier molecular flexibility index (Phi) is 2.94. The fourth-order valence-electron chi connectivity index (χ4n) is 0.373. The predicted molar refractivity (Wildman–Crippen MR) is 33.6 cm³/mol. The fourth-order valence-corrected chi connectivity index (χ4v) is 0.468. The predicted octanol–water partition coefficient (Wildman–Crippen LogP) is 0.451. The van der Waals surface area contributed by atoms with E-state index in [0.717, 1.165) is 0 Å². The highest BCUT2D eigenvalue weighted by atomic mass is 35.5. The van der Waals surface area contributed by atoms with Gasteiger partial charge in [0.2, 0.25) is 0 Å². The molecule has 0 aromatic heterocycles. The van der Waals surface area contributed by atoms with Gasteiger partial charge in [0.05, 0.1) is 17.9 Å². The van der Waals surface area contributed by atoms with Crippen LogP contribution in [0.1, 0.15) is 13.3 Å². The van der Waals surface area contributed by atoms with E-state index in [2.05, 4.69) is 0 Å². The van der Waals surface area contributed by atoms with Gasteiger partial charge in [-0.05, 0) is 6.92 Å². The number of aliphatic carboxylic acids is 1. The Hall–Kier alpha value is -0.280. The molecule has 0 bridgehead atoms. The van der Waals surface area contributed by atoms with Crippen molar-refractivity contribution in [3.8, 4) is 0 Å². The lowest BCUT2D eigenvalue weighted by molar-refractivity contribution is -0.141. The Balaban J connectivity index is 3.71. The first-order valence-corrected chi connectivity index (χ1v) is 3.01. The van der Waals surface area contributed by atoms with Crippen molar-refractivity contribution in [2.45, 2.75) is 18.9 Å². The molecule has 0 fully saturated rings. The summed E-state index contributed by atoms with van der Waals surface area (Å²) >= 11 is 5.22. The molecule has 0 rings (SSSR count). The van der Waals surface area contributed by atoms with Crippen LogP contribution in [0.3, 0.4) is 0 Å². The van der Waals surface area contributed by atoms with E-state index in [1.54, 1.807) is 0 Å². The summed E-state index contributed by atoms with van der Waals surface area (Å²) in [5, 5.41) is 17.1. The third kappa shape index (κ3) is 4.24. The molecule has 0 aromatic rings. The standard InChI is InChI=1S/C5H9ClO3/c1-5(9,3-6)2-4(7)8/h9H,2-3H2,1H3,(H,7,8). The SMILES string of the molecule is CC(O)(CCl)CC(=O)O. The van der Waals surface area contributed by atoms with Gasteiger partial charge in [0.25, 0.3) is 0 Å². The minimum Gasteiger partial charge on any atom is -0.481 e. The van der Waals surface area contributed by atoms with Gasteiger partial charge < -0.3 is 10.2 Å². The lowest BCUT2D eigenvalue weighted by Crippen LogP contribution is -2.29. The summed E-state index contributed by atoms with van der Waals surface area (Å²) in [6, 6.07) is 0. The van der Waals surface area contributed by atoms with Crippen LogP contribution < -0.4 is 0 Å². The Bertz CT molecular complexity index is 111. The van der Waals surface area contributed by atoms with Crippen molar-refractivity contribution in [3.05, 3.63) is 0 Å². The van der Waals surface area contributed by atoms with Crippen LogP contribution in [0.2, 0.25) is 0 Å². The summed E-state index contributed by atoms with van der Waals surface area (Å²) in [5.41, 5.74) is -1.27. The van der Waals surface area contributed by atoms with E-state index in [4.69, 9.17) is 21.8 Å². The molecule has 0 aromatic carbocycles. The second kappa shape index (κ2) is 3.03. The smallest absolute Gasteiger partial charge is 0.306 e. The topological polar surface area (TPSA) is 57.5 Å². The van der Waals surface area contributed by atoms with Crippen LogP contribution in [-0.4, -0.2) is 27.7 Å². The third-order valence-corrected chi connectivity index (χ3v) is 1.40. The summed E-state index contributed by atoms with van der Waals surface area (Å²) in [5.74, 6) is -1.10. The zero-order valence-corrected chi connectivity index (χ0v) is 5.85. The van der Waals surface area contributed by atoms with Crippen molar-refractivity contribution in [3.63, 3.8) is 0 Å². The summed E-state index contributed by atoms with van der Waals surface area (Å²) in [6.45, 7) is 1.38. The molecular formula is C5H9ClO3. The van der Waals surface area contributed by atoms with Gasteiger partial charge in [-0.1, -0.05) is 0 Å². The molecule has 0 heterocycles. The molecule has 0 radical (unpaired) electrons. The summed E-state index contributed by atoms with van der Waals surface area (Å²) in [4.78, 5) is 9.96. The minimum absolute atomic E-state index is 0.0562. The molecule has 2 N–H and O–H groups in total. The largest absolute Gasteiger partial charge is 0.481 e. The third-order valence-electron chi connectivity index (χ3n) is 0.820. The van der Waals surface area contributed by atoms with Crippen LogP contribution >= 0.6 is 11.6 Å². The summed E-state index contributed by atoms with van der Waals surface area (Å²) in [6.07, 6.45) is -0.309. The van der Waals surface area contributed by atoms with Crippen molar-refractivity contribution >= 4 is 17.6 Å². The van der Waals surface area contributed by atoms with Gasteiger partial charge >= 0.3 is 5.97 Å². The highest BCUT2D eigenvalue weighted by Crippen LogP contribution is 2.10. The number of rotatable bonds is 3. The quantitative estimate of drug-likeness (QED) is 0.578. The van der Waals surface area contributed by atoms with Crippen molar-refractivity contribution in [2.75, 3.05) is 5.88 Å². The molecule has 1 unspecified atom stereocenters. The Labute approximate surface area is 58.3 Å². The second-order valence-corrected chi connectivity index (χ2v) is 2.47. The zero-order chi connectivity index (χ0) is 7.49. The highest BCUT2D eigenvalue weighted by molar-refractivity contribution is 6.18. The Morgan fingerprint density at radius 2 is 2.22 bits per heavy atom. The molecule has 0 aliphatic carbocycles. The number of hydrogen-bond acceptors (Lipinski definition) is 2. The number of halogens is 1. The first kappa shape index (κ1) is 8.72. The van der Waals surface area contributed by atoms with Gasteiger partial charge in [-0.3, -0.25) is 4.79 Å². The van der Waals surface area contributed by atoms with Crippen LogP contribution in [-0.2, 0) is 4.79 Å². The number of carbonyl (C=O) groups is 1. The number of carboxylic acids is 1. The normalized spacial score (nSPS) is 16.8. The van der Waals surface area contributed by atoms with Crippen molar-refractivity contribution in [2.24, 2.45) is 0 Å². The van der Waals surface area contributed by atoms with E-state index in [1.165, 1.54) is 6.92 Å². The van der Waals surface area contributed by atoms with Gasteiger partial charge in [0.1, 0.15) is 0 Å². The molecule has 0 saturated carbocycles. The first-order chi connectivity index (χ1) is 3.98. The van der Waals surface area contributed by atoms with Crippen molar-refractivity contribution in [1.29, 1.82) is 0 Å². The molecule has 54 valence electrons. The van der Waals surface area contributed by atoms with Crippen LogP contribution in [0, 0.1) is 0 Å². The maximum atomic E-state index is 9.96. The number of alkyl halides is 1. The fraction of sp³-hybridized carbons (Fsp3) is 0.800. The van der Waals surface area contributed by atoms with E-state index < -0.39 is 11.6 Å². The zero-order valence-electron chi connectivity index (χ0n) is 5.09. The lowest BCUT2D eigenvalue weighted by Gasteiger charge is -2.15. The van der Waals surface area contributed by atoms with Crippen LogP contribution in [0.4, 0.5) is 0 Å². The molecule has 3 nitrogen and oxygen atoms in total. The molecule has 0 aliphatic rings. The minimum atomic E-state index is -1.27. The van der Waals surface area contributed by atoms with Gasteiger partial charge in [-0.15, -0.1) is 11.6 Å². The molecule has 1 atom stereocenters. The molecule has 0 spiro atoms. The molecule has 0 saturated heterocycles. The monoisotopic (exact) mass is 152 g/mol. The van der Waals surface area contributed by atoms with E-state index in [0.29, 0.717) is 0 Å². The number of carboxylic acid groups (broad SMARTS) is 1. The van der Waals surface area contributed by atoms with Gasteiger partial charge in [-0.25, -0.2) is 0 Å². The molecule has 9 heavy (non-hydrogen) atoms. The van der Waals surface area contributed by atoms with Crippen LogP contribution in [0.25, 0.3) is 0 Å². The molecule has 4 heteroatoms. The first-order valence-electron chi connectivity index (χ1n) is 2.48. The molecular weight excluding hydrogens is 144 g/mol. The van der Waals surface area contributed by atoms with Gasteiger partial charge in [0, 0.05) is 0 Å². The Morgan fingerprint density at radius 1 is 1.78 bits per heavy atom. The lowest BCUT2D eigenvalue weighted by atomic mass is 10.1. The average Bonchev–Trinajstić information content (AvgIpc) is 1.63. The number of aliphatic hydroxyl groups is 1.